The fourth-order valence-corrected chi connectivity index (χ4v) is 6.79. The van der Waals surface area contributed by atoms with Gasteiger partial charge in [0, 0.05) is 7.05 Å². The monoisotopic (exact) mass is 679 g/mol. The summed E-state index contributed by atoms with van der Waals surface area (Å²) >= 11 is 14.1. The molecule has 0 aliphatic heterocycles. The number of rotatable bonds is 4. The van der Waals surface area contributed by atoms with Gasteiger partial charge in [0.25, 0.3) is 5.56 Å². The molecule has 2 aromatic rings. The highest BCUT2D eigenvalue weighted by Gasteiger charge is 2.72. The number of hydrogen-bond acceptors (Lipinski definition) is 3. The van der Waals surface area contributed by atoms with Crippen molar-refractivity contribution in [2.45, 2.75) is 40.1 Å². The molecule has 1 aromatic carbocycles. The van der Waals surface area contributed by atoms with E-state index in [1.165, 1.54) is 4.68 Å². The molecule has 10 heteroatoms. The van der Waals surface area contributed by atoms with E-state index in [0.29, 0.717) is 24.2 Å². The first kappa shape index (κ1) is 23.4. The van der Waals surface area contributed by atoms with Crippen molar-refractivity contribution in [2.75, 3.05) is 4.90 Å². The summed E-state index contributed by atoms with van der Waals surface area (Å²) in [6.07, 6.45) is 1.01. The van der Waals surface area contributed by atoms with Crippen molar-refractivity contribution in [3.63, 3.8) is 0 Å². The van der Waals surface area contributed by atoms with Crippen LogP contribution in [0.25, 0.3) is 5.69 Å². The minimum absolute atomic E-state index is 0.0919. The summed E-state index contributed by atoms with van der Waals surface area (Å²) in [5.74, 6) is -0.803. The van der Waals surface area contributed by atoms with Gasteiger partial charge in [-0.05, 0) is 45.7 Å². The van der Waals surface area contributed by atoms with E-state index in [9.17, 15) is 14.4 Å². The van der Waals surface area contributed by atoms with Gasteiger partial charge in [0.2, 0.25) is 11.8 Å². The standard InChI is InChI=1S/C21H21Br4N3O3/c1-12-14(15(29)28(26(12)4)13-8-6-5-7-9-13)27(16(30)18(2)10-20(18,22)23)17(31)19(3)11-21(19,24)25/h5-9H,10-11H2,1-4H3. The molecule has 0 N–H and O–H groups in total. The second-order valence-electron chi connectivity index (χ2n) is 8.78. The molecule has 2 fully saturated rings. The molecule has 0 radical (unpaired) electrons. The van der Waals surface area contributed by atoms with Crippen molar-refractivity contribution >= 4 is 81.2 Å². The number of benzene rings is 1. The van der Waals surface area contributed by atoms with Crippen molar-refractivity contribution < 1.29 is 9.59 Å². The van der Waals surface area contributed by atoms with Crippen LogP contribution < -0.4 is 10.5 Å². The molecule has 6 nitrogen and oxygen atoms in total. The molecule has 0 spiro atoms. The number of carbonyl (C=O) groups is 2. The summed E-state index contributed by atoms with van der Waals surface area (Å²) in [4.78, 5) is 42.3. The number of carbonyl (C=O) groups excluding carboxylic acids is 2. The van der Waals surface area contributed by atoms with Crippen LogP contribution in [0.1, 0.15) is 32.4 Å². The van der Waals surface area contributed by atoms with Crippen LogP contribution in [0.5, 0.6) is 0 Å². The molecule has 2 amide bonds. The second kappa shape index (κ2) is 7.14. The number of amides is 2. The number of nitrogens with zero attached hydrogens (tertiary/aromatic N) is 3. The Hall–Kier alpha value is -0.710. The normalized spacial score (nSPS) is 27.6. The first-order valence-corrected chi connectivity index (χ1v) is 12.9. The molecular formula is C21H21Br4N3O3. The first-order valence-electron chi connectivity index (χ1n) is 9.68. The van der Waals surface area contributed by atoms with E-state index < -0.39 is 34.7 Å². The van der Waals surface area contributed by atoms with Crippen LogP contribution in [0.4, 0.5) is 5.69 Å². The maximum absolute atomic E-state index is 13.8. The fraction of sp³-hybridized carbons (Fsp3) is 0.476. The summed E-state index contributed by atoms with van der Waals surface area (Å²) in [6.45, 7) is 5.33. The van der Waals surface area contributed by atoms with Gasteiger partial charge in [-0.25, -0.2) is 9.58 Å². The van der Waals surface area contributed by atoms with Gasteiger partial charge in [-0.15, -0.1) is 0 Å². The smallest absolute Gasteiger partial charge is 0.283 e. The van der Waals surface area contributed by atoms with Crippen LogP contribution in [0, 0.1) is 17.8 Å². The quantitative estimate of drug-likeness (QED) is 0.332. The lowest BCUT2D eigenvalue weighted by Gasteiger charge is -2.27. The predicted molar refractivity (Wildman–Crippen MR) is 135 cm³/mol. The van der Waals surface area contributed by atoms with Crippen LogP contribution in [-0.2, 0) is 16.6 Å². The average molecular weight is 683 g/mol. The third kappa shape index (κ3) is 3.30. The molecule has 2 saturated carbocycles. The zero-order valence-corrected chi connectivity index (χ0v) is 23.7. The summed E-state index contributed by atoms with van der Waals surface area (Å²) < 4.78 is 1.95. The highest BCUT2D eigenvalue weighted by molar-refractivity contribution is 9.26. The maximum atomic E-state index is 13.8. The van der Waals surface area contributed by atoms with Crippen molar-refractivity contribution in [1.29, 1.82) is 0 Å². The molecular weight excluding hydrogens is 662 g/mol. The lowest BCUT2D eigenvalue weighted by atomic mass is 10.0. The van der Waals surface area contributed by atoms with E-state index in [0.717, 1.165) is 4.90 Å². The Labute approximate surface area is 213 Å². The number of halogens is 4. The molecule has 0 bridgehead atoms. The largest absolute Gasteiger partial charge is 0.296 e. The molecule has 2 aliphatic rings. The van der Waals surface area contributed by atoms with Crippen molar-refractivity contribution in [3.05, 3.63) is 46.4 Å². The molecule has 4 rings (SSSR count). The molecule has 2 aliphatic carbocycles. The highest BCUT2D eigenvalue weighted by Crippen LogP contribution is 2.69. The summed E-state index contributed by atoms with van der Waals surface area (Å²) in [5.41, 5.74) is -0.845. The van der Waals surface area contributed by atoms with E-state index in [2.05, 4.69) is 63.7 Å². The zero-order valence-electron chi connectivity index (χ0n) is 17.4. The molecule has 31 heavy (non-hydrogen) atoms. The number of alkyl halides is 4. The van der Waals surface area contributed by atoms with Gasteiger partial charge < -0.3 is 0 Å². The van der Waals surface area contributed by atoms with E-state index in [-0.39, 0.29) is 5.69 Å². The Morgan fingerprint density at radius 3 is 1.74 bits per heavy atom. The predicted octanol–water partition coefficient (Wildman–Crippen LogP) is 5.14. The van der Waals surface area contributed by atoms with Gasteiger partial charge in [-0.2, -0.15) is 0 Å². The lowest BCUT2D eigenvalue weighted by Crippen LogP contribution is -2.48. The van der Waals surface area contributed by atoms with Crippen molar-refractivity contribution in [3.8, 4) is 5.69 Å². The van der Waals surface area contributed by atoms with Gasteiger partial charge in [-0.1, -0.05) is 81.9 Å². The van der Waals surface area contributed by atoms with Crippen LogP contribution in [-0.4, -0.2) is 27.6 Å². The summed E-state index contributed by atoms with van der Waals surface area (Å²) in [5, 5.41) is 0. The average Bonchev–Trinajstić information content (AvgIpc) is 3.40. The molecule has 2 atom stereocenters. The topological polar surface area (TPSA) is 64.3 Å². The number of imide groups is 1. The van der Waals surface area contributed by atoms with Gasteiger partial charge >= 0.3 is 0 Å². The third-order valence-electron chi connectivity index (χ3n) is 6.61. The van der Waals surface area contributed by atoms with Crippen molar-refractivity contribution in [2.24, 2.45) is 17.9 Å². The Kier molecular flexibility index (Phi) is 5.40. The Morgan fingerprint density at radius 1 is 0.935 bits per heavy atom. The van der Waals surface area contributed by atoms with Crippen LogP contribution >= 0.6 is 63.7 Å². The SMILES string of the molecule is Cc1c(N(C(=O)C2(C)CC2(Br)Br)C(=O)C2(C)CC2(Br)Br)c(=O)n(-c2ccccc2)n1C. The van der Waals surface area contributed by atoms with Gasteiger partial charge in [0.05, 0.1) is 28.7 Å². The number of hydrogen-bond donors (Lipinski definition) is 0. The zero-order chi connectivity index (χ0) is 23.1. The number of aromatic nitrogens is 2. The summed E-state index contributed by atoms with van der Waals surface area (Å²) in [6, 6.07) is 9.16. The van der Waals surface area contributed by atoms with Crippen LogP contribution in [0.2, 0.25) is 0 Å². The Bertz CT molecular complexity index is 1130. The van der Waals surface area contributed by atoms with E-state index in [1.807, 2.05) is 30.3 Å². The summed E-state index contributed by atoms with van der Waals surface area (Å²) in [7, 11) is 1.75. The number of anilines is 1. The van der Waals surface area contributed by atoms with Gasteiger partial charge in [-0.3, -0.25) is 19.1 Å². The van der Waals surface area contributed by atoms with Gasteiger partial charge in [0.1, 0.15) is 5.69 Å². The Morgan fingerprint density at radius 2 is 1.35 bits per heavy atom. The maximum Gasteiger partial charge on any atom is 0.296 e. The lowest BCUT2D eigenvalue weighted by molar-refractivity contribution is -0.131. The fourth-order valence-electron chi connectivity index (χ4n) is 3.86. The van der Waals surface area contributed by atoms with E-state index in [4.69, 9.17) is 0 Å². The Balaban J connectivity index is 1.91. The second-order valence-corrected chi connectivity index (χ2v) is 16.3. The van der Waals surface area contributed by atoms with Crippen LogP contribution in [0.15, 0.2) is 35.1 Å². The molecule has 1 heterocycles. The molecule has 0 saturated heterocycles. The first-order chi connectivity index (χ1) is 14.2. The third-order valence-corrected chi connectivity index (χ3v) is 11.2. The minimum atomic E-state index is -0.860. The van der Waals surface area contributed by atoms with Crippen molar-refractivity contribution in [1.82, 2.24) is 9.36 Å². The van der Waals surface area contributed by atoms with E-state index in [1.54, 1.807) is 32.5 Å². The molecule has 2 unspecified atom stereocenters. The number of para-hydroxylation sites is 1. The minimum Gasteiger partial charge on any atom is -0.283 e. The van der Waals surface area contributed by atoms with E-state index >= 15 is 0 Å². The highest BCUT2D eigenvalue weighted by atomic mass is 79.9. The van der Waals surface area contributed by atoms with Crippen LogP contribution in [0.3, 0.4) is 0 Å². The van der Waals surface area contributed by atoms with Gasteiger partial charge in [0.15, 0.2) is 0 Å². The molecule has 166 valence electrons. The molecule has 1 aromatic heterocycles.